The Morgan fingerprint density at radius 3 is 2.70 bits per heavy atom. The summed E-state index contributed by atoms with van der Waals surface area (Å²) in [7, 11) is 3.26. The molecule has 1 saturated heterocycles. The second kappa shape index (κ2) is 6.13. The van der Waals surface area contributed by atoms with Crippen molar-refractivity contribution in [3.05, 3.63) is 23.8 Å². The van der Waals surface area contributed by atoms with Gasteiger partial charge in [-0.1, -0.05) is 0 Å². The lowest BCUT2D eigenvalue weighted by Gasteiger charge is -2.26. The number of ether oxygens (including phenoxy) is 2. The van der Waals surface area contributed by atoms with Crippen LogP contribution in [0.25, 0.3) is 0 Å². The smallest absolute Gasteiger partial charge is 0.223 e. The molecule has 2 rings (SSSR count). The summed E-state index contributed by atoms with van der Waals surface area (Å²) in [5.41, 5.74) is 6.63. The van der Waals surface area contributed by atoms with Crippen molar-refractivity contribution in [2.24, 2.45) is 11.7 Å². The first-order chi connectivity index (χ1) is 9.60. The SMILES string of the molecule is COc1ccc(OC)c(C(C)N2CC(CN)CC2=O)c1. The minimum Gasteiger partial charge on any atom is -0.497 e. The van der Waals surface area contributed by atoms with Crippen LogP contribution in [0.2, 0.25) is 0 Å². The van der Waals surface area contributed by atoms with E-state index >= 15 is 0 Å². The monoisotopic (exact) mass is 278 g/mol. The molecular formula is C15H22N2O3. The Labute approximate surface area is 119 Å². The van der Waals surface area contributed by atoms with E-state index in [4.69, 9.17) is 15.2 Å². The van der Waals surface area contributed by atoms with Crippen molar-refractivity contribution in [3.63, 3.8) is 0 Å². The number of carbonyl (C=O) groups excluding carboxylic acids is 1. The average Bonchev–Trinajstić information content (AvgIpc) is 2.86. The molecular weight excluding hydrogens is 256 g/mol. The second-order valence-electron chi connectivity index (χ2n) is 5.14. The Hall–Kier alpha value is -1.75. The zero-order valence-corrected chi connectivity index (χ0v) is 12.3. The summed E-state index contributed by atoms with van der Waals surface area (Å²) in [5, 5.41) is 0. The van der Waals surface area contributed by atoms with Gasteiger partial charge in [0.05, 0.1) is 20.3 Å². The van der Waals surface area contributed by atoms with Gasteiger partial charge in [-0.2, -0.15) is 0 Å². The number of hydrogen-bond donors (Lipinski definition) is 1. The van der Waals surface area contributed by atoms with Gasteiger partial charge in [-0.25, -0.2) is 0 Å². The van der Waals surface area contributed by atoms with E-state index in [1.807, 2.05) is 30.0 Å². The van der Waals surface area contributed by atoms with Crippen LogP contribution >= 0.6 is 0 Å². The lowest BCUT2D eigenvalue weighted by atomic mass is 10.1. The summed E-state index contributed by atoms with van der Waals surface area (Å²) in [4.78, 5) is 14.0. The van der Waals surface area contributed by atoms with Crippen LogP contribution in [0.1, 0.15) is 24.9 Å². The zero-order chi connectivity index (χ0) is 14.7. The number of likely N-dealkylation sites (tertiary alicyclic amines) is 1. The van der Waals surface area contributed by atoms with E-state index in [2.05, 4.69) is 0 Å². The van der Waals surface area contributed by atoms with Gasteiger partial charge in [0.1, 0.15) is 11.5 Å². The van der Waals surface area contributed by atoms with Crippen LogP contribution in [0.15, 0.2) is 18.2 Å². The molecule has 0 spiro atoms. The van der Waals surface area contributed by atoms with Crippen molar-refractivity contribution in [2.45, 2.75) is 19.4 Å². The van der Waals surface area contributed by atoms with E-state index in [9.17, 15) is 4.79 Å². The topological polar surface area (TPSA) is 64.8 Å². The quantitative estimate of drug-likeness (QED) is 0.888. The second-order valence-corrected chi connectivity index (χ2v) is 5.14. The first kappa shape index (κ1) is 14.7. The van der Waals surface area contributed by atoms with Crippen molar-refractivity contribution in [3.8, 4) is 11.5 Å². The van der Waals surface area contributed by atoms with Crippen LogP contribution < -0.4 is 15.2 Å². The van der Waals surface area contributed by atoms with Crippen molar-refractivity contribution in [2.75, 3.05) is 27.3 Å². The minimum atomic E-state index is -0.0518. The van der Waals surface area contributed by atoms with E-state index < -0.39 is 0 Å². The van der Waals surface area contributed by atoms with Gasteiger partial charge in [-0.3, -0.25) is 4.79 Å². The van der Waals surface area contributed by atoms with Crippen LogP contribution in [0.5, 0.6) is 11.5 Å². The molecule has 5 heteroatoms. The fourth-order valence-corrected chi connectivity index (χ4v) is 2.67. The summed E-state index contributed by atoms with van der Waals surface area (Å²) in [5.74, 6) is 1.93. The molecule has 1 aromatic rings. The van der Waals surface area contributed by atoms with E-state index in [1.165, 1.54) is 0 Å². The third kappa shape index (κ3) is 2.72. The third-order valence-electron chi connectivity index (χ3n) is 3.93. The lowest BCUT2D eigenvalue weighted by molar-refractivity contribution is -0.129. The summed E-state index contributed by atoms with van der Waals surface area (Å²) < 4.78 is 10.7. The van der Waals surface area contributed by atoms with Gasteiger partial charge in [0.2, 0.25) is 5.91 Å². The molecule has 0 saturated carbocycles. The molecule has 0 radical (unpaired) electrons. The molecule has 1 aliphatic rings. The third-order valence-corrected chi connectivity index (χ3v) is 3.93. The van der Waals surface area contributed by atoms with Gasteiger partial charge in [-0.15, -0.1) is 0 Å². The molecule has 2 N–H and O–H groups in total. The van der Waals surface area contributed by atoms with Crippen molar-refractivity contribution in [1.29, 1.82) is 0 Å². The maximum atomic E-state index is 12.1. The molecule has 0 aliphatic carbocycles. The van der Waals surface area contributed by atoms with Gasteiger partial charge in [0, 0.05) is 18.5 Å². The molecule has 2 atom stereocenters. The minimum absolute atomic E-state index is 0.0518. The molecule has 2 unspecified atom stereocenters. The maximum Gasteiger partial charge on any atom is 0.223 e. The van der Waals surface area contributed by atoms with Gasteiger partial charge in [0.25, 0.3) is 0 Å². The fourth-order valence-electron chi connectivity index (χ4n) is 2.67. The predicted molar refractivity (Wildman–Crippen MR) is 76.8 cm³/mol. The van der Waals surface area contributed by atoms with Crippen LogP contribution in [0.3, 0.4) is 0 Å². The van der Waals surface area contributed by atoms with Crippen molar-refractivity contribution < 1.29 is 14.3 Å². The van der Waals surface area contributed by atoms with Crippen LogP contribution in [-0.4, -0.2) is 38.1 Å². The number of nitrogens with two attached hydrogens (primary N) is 1. The van der Waals surface area contributed by atoms with Crippen molar-refractivity contribution >= 4 is 5.91 Å². The highest BCUT2D eigenvalue weighted by molar-refractivity contribution is 5.79. The van der Waals surface area contributed by atoms with Crippen molar-refractivity contribution in [1.82, 2.24) is 4.90 Å². The van der Waals surface area contributed by atoms with Crippen LogP contribution in [-0.2, 0) is 4.79 Å². The Bertz CT molecular complexity index is 490. The zero-order valence-electron chi connectivity index (χ0n) is 12.3. The lowest BCUT2D eigenvalue weighted by Crippen LogP contribution is -2.29. The van der Waals surface area contributed by atoms with Gasteiger partial charge >= 0.3 is 0 Å². The van der Waals surface area contributed by atoms with Gasteiger partial charge in [-0.05, 0) is 37.6 Å². The van der Waals surface area contributed by atoms with Gasteiger partial charge < -0.3 is 20.1 Å². The summed E-state index contributed by atoms with van der Waals surface area (Å²) >= 11 is 0. The molecule has 1 heterocycles. The predicted octanol–water partition coefficient (Wildman–Crippen LogP) is 1.57. The Morgan fingerprint density at radius 1 is 1.40 bits per heavy atom. The van der Waals surface area contributed by atoms with E-state index in [0.717, 1.165) is 17.1 Å². The Morgan fingerprint density at radius 2 is 2.15 bits per heavy atom. The van der Waals surface area contributed by atoms with Gasteiger partial charge in [0.15, 0.2) is 0 Å². The number of carbonyl (C=O) groups is 1. The highest BCUT2D eigenvalue weighted by atomic mass is 16.5. The Kier molecular flexibility index (Phi) is 4.49. The highest BCUT2D eigenvalue weighted by Gasteiger charge is 2.33. The molecule has 1 aliphatic heterocycles. The number of benzene rings is 1. The molecule has 1 amide bonds. The fraction of sp³-hybridized carbons (Fsp3) is 0.533. The van der Waals surface area contributed by atoms with Crippen LogP contribution in [0.4, 0.5) is 0 Å². The number of amides is 1. The highest BCUT2D eigenvalue weighted by Crippen LogP contribution is 2.35. The van der Waals surface area contributed by atoms with E-state index in [0.29, 0.717) is 19.5 Å². The average molecular weight is 278 g/mol. The first-order valence-electron chi connectivity index (χ1n) is 6.82. The molecule has 1 fully saturated rings. The number of rotatable bonds is 5. The molecule has 0 aromatic heterocycles. The number of nitrogens with zero attached hydrogens (tertiary/aromatic N) is 1. The summed E-state index contributed by atoms with van der Waals surface area (Å²) in [6, 6.07) is 5.59. The number of methoxy groups -OCH3 is 2. The normalized spacial score (nSPS) is 20.1. The largest absolute Gasteiger partial charge is 0.497 e. The van der Waals surface area contributed by atoms with E-state index in [1.54, 1.807) is 14.2 Å². The summed E-state index contributed by atoms with van der Waals surface area (Å²) in [6.07, 6.45) is 0.535. The first-order valence-corrected chi connectivity index (χ1v) is 6.82. The molecule has 1 aromatic carbocycles. The van der Waals surface area contributed by atoms with Crippen LogP contribution in [0, 0.1) is 5.92 Å². The standard InChI is InChI=1S/C15H22N2O3/c1-10(17-9-11(8-16)6-15(17)18)13-7-12(19-2)4-5-14(13)20-3/h4-5,7,10-11H,6,8-9,16H2,1-3H3. The molecule has 110 valence electrons. The molecule has 0 bridgehead atoms. The number of hydrogen-bond acceptors (Lipinski definition) is 4. The molecule has 5 nitrogen and oxygen atoms in total. The maximum absolute atomic E-state index is 12.1. The Balaban J connectivity index is 2.28. The molecule has 20 heavy (non-hydrogen) atoms. The summed E-state index contributed by atoms with van der Waals surface area (Å²) in [6.45, 7) is 3.26. The van der Waals surface area contributed by atoms with E-state index in [-0.39, 0.29) is 17.9 Å².